The molecule has 0 radical (unpaired) electrons. The van der Waals surface area contributed by atoms with Crippen molar-refractivity contribution in [1.82, 2.24) is 15.2 Å². The molecule has 154 valence electrons. The van der Waals surface area contributed by atoms with Crippen molar-refractivity contribution in [2.24, 2.45) is 11.8 Å². The molecular formula is C23H23N3O4. The van der Waals surface area contributed by atoms with Gasteiger partial charge in [-0.15, -0.1) is 0 Å². The molecule has 3 aromatic rings. The maximum Gasteiger partial charge on any atom is 0.289 e. The van der Waals surface area contributed by atoms with Gasteiger partial charge in [0.25, 0.3) is 11.8 Å². The third-order valence-corrected chi connectivity index (χ3v) is 6.23. The minimum Gasteiger partial charge on any atom is -0.451 e. The van der Waals surface area contributed by atoms with Gasteiger partial charge in [0.05, 0.1) is 12.7 Å². The van der Waals surface area contributed by atoms with Crippen LogP contribution in [0.4, 0.5) is 0 Å². The first-order chi connectivity index (χ1) is 14.6. The summed E-state index contributed by atoms with van der Waals surface area (Å²) >= 11 is 0. The van der Waals surface area contributed by atoms with Crippen LogP contribution in [0.1, 0.15) is 26.5 Å². The predicted octanol–water partition coefficient (Wildman–Crippen LogP) is 2.65. The third-order valence-electron chi connectivity index (χ3n) is 6.23. The van der Waals surface area contributed by atoms with Crippen LogP contribution in [0.3, 0.4) is 0 Å². The molecule has 0 aliphatic carbocycles. The number of para-hydroxylation sites is 1. The molecule has 7 heteroatoms. The Morgan fingerprint density at radius 2 is 1.97 bits per heavy atom. The molecule has 1 aromatic carbocycles. The number of hydrogen-bond acceptors (Lipinski definition) is 5. The van der Waals surface area contributed by atoms with Gasteiger partial charge in [-0.1, -0.05) is 18.2 Å². The molecule has 2 fully saturated rings. The molecule has 2 saturated heterocycles. The Bertz CT molecular complexity index is 1090. The zero-order valence-corrected chi connectivity index (χ0v) is 16.7. The zero-order chi connectivity index (χ0) is 20.7. The normalized spacial score (nSPS) is 23.0. The Labute approximate surface area is 174 Å². The quantitative estimate of drug-likeness (QED) is 0.721. The third kappa shape index (κ3) is 3.25. The number of aromatic nitrogens is 1. The number of ether oxygens (including phenoxy) is 1. The Balaban J connectivity index is 1.25. The van der Waals surface area contributed by atoms with Gasteiger partial charge in [0.2, 0.25) is 0 Å². The molecule has 4 heterocycles. The van der Waals surface area contributed by atoms with Crippen LogP contribution in [0.25, 0.3) is 11.0 Å². The smallest absolute Gasteiger partial charge is 0.289 e. The average Bonchev–Trinajstić information content (AvgIpc) is 3.46. The van der Waals surface area contributed by atoms with Gasteiger partial charge in [0.15, 0.2) is 5.76 Å². The molecule has 3 atom stereocenters. The molecule has 0 bridgehead atoms. The van der Waals surface area contributed by atoms with Crippen LogP contribution < -0.4 is 5.32 Å². The van der Waals surface area contributed by atoms with E-state index in [-0.39, 0.29) is 29.8 Å². The summed E-state index contributed by atoms with van der Waals surface area (Å²) in [5.41, 5.74) is 2.18. The van der Waals surface area contributed by atoms with E-state index < -0.39 is 0 Å². The molecule has 0 spiro atoms. The van der Waals surface area contributed by atoms with Gasteiger partial charge in [-0.2, -0.15) is 0 Å². The standard InChI is InChI=1S/C23H23N3O4/c1-14-17-4-2-3-5-19(17)30-21(14)23(28)26-11-18-16(13-29-20(18)12-26)10-25-22(27)15-6-8-24-9-7-15/h2-9,16,18,20H,10-13H2,1H3,(H,25,27)/t16-,18-,20-/m1/s1. The Hall–Kier alpha value is -3.19. The van der Waals surface area contributed by atoms with Crippen LogP contribution in [0.2, 0.25) is 0 Å². The average molecular weight is 405 g/mol. The van der Waals surface area contributed by atoms with E-state index in [1.54, 1.807) is 24.5 Å². The highest BCUT2D eigenvalue weighted by molar-refractivity contribution is 5.99. The van der Waals surface area contributed by atoms with E-state index in [1.165, 1.54) is 0 Å². The van der Waals surface area contributed by atoms with Crippen LogP contribution in [-0.4, -0.2) is 54.0 Å². The van der Waals surface area contributed by atoms with Crippen LogP contribution in [0.5, 0.6) is 0 Å². The lowest BCUT2D eigenvalue weighted by molar-refractivity contribution is 0.0650. The Kier molecular flexibility index (Phi) is 4.75. The van der Waals surface area contributed by atoms with Crippen molar-refractivity contribution in [3.63, 3.8) is 0 Å². The van der Waals surface area contributed by atoms with Crippen molar-refractivity contribution in [3.8, 4) is 0 Å². The van der Waals surface area contributed by atoms with Gasteiger partial charge in [-0.3, -0.25) is 14.6 Å². The van der Waals surface area contributed by atoms with Crippen molar-refractivity contribution < 1.29 is 18.7 Å². The number of nitrogens with zero attached hydrogens (tertiary/aromatic N) is 2. The van der Waals surface area contributed by atoms with E-state index in [2.05, 4.69) is 10.3 Å². The summed E-state index contributed by atoms with van der Waals surface area (Å²) in [5.74, 6) is 0.566. The van der Waals surface area contributed by atoms with Gasteiger partial charge >= 0.3 is 0 Å². The highest BCUT2D eigenvalue weighted by Crippen LogP contribution is 2.35. The number of furan rings is 1. The first kappa shape index (κ1) is 18.8. The highest BCUT2D eigenvalue weighted by Gasteiger charge is 2.46. The predicted molar refractivity (Wildman–Crippen MR) is 110 cm³/mol. The lowest BCUT2D eigenvalue weighted by Crippen LogP contribution is -2.35. The van der Waals surface area contributed by atoms with E-state index in [0.717, 1.165) is 16.5 Å². The lowest BCUT2D eigenvalue weighted by atomic mass is 9.93. The maximum atomic E-state index is 13.1. The van der Waals surface area contributed by atoms with Crippen LogP contribution in [0.15, 0.2) is 53.2 Å². The van der Waals surface area contributed by atoms with E-state index in [0.29, 0.717) is 37.6 Å². The first-order valence-corrected chi connectivity index (χ1v) is 10.2. The summed E-state index contributed by atoms with van der Waals surface area (Å²) in [7, 11) is 0. The van der Waals surface area contributed by atoms with Crippen LogP contribution >= 0.6 is 0 Å². The summed E-state index contributed by atoms with van der Waals surface area (Å²) in [6, 6.07) is 11.1. The fourth-order valence-corrected chi connectivity index (χ4v) is 4.53. The molecular weight excluding hydrogens is 382 g/mol. The number of benzene rings is 1. The van der Waals surface area contributed by atoms with Gasteiger partial charge in [-0.05, 0) is 25.1 Å². The SMILES string of the molecule is Cc1c(C(=O)N2C[C@@H]3[C@H](CNC(=O)c4ccncc4)CO[C@@H]3C2)oc2ccccc12. The molecule has 5 rings (SSSR count). The number of likely N-dealkylation sites (tertiary alicyclic amines) is 1. The molecule has 2 aliphatic rings. The second kappa shape index (κ2) is 7.57. The molecule has 0 unspecified atom stereocenters. The number of carbonyl (C=O) groups is 2. The number of fused-ring (bicyclic) bond motifs is 2. The van der Waals surface area contributed by atoms with Gasteiger partial charge < -0.3 is 19.4 Å². The van der Waals surface area contributed by atoms with Crippen molar-refractivity contribution in [2.75, 3.05) is 26.2 Å². The minimum absolute atomic E-state index is 0.00135. The first-order valence-electron chi connectivity index (χ1n) is 10.2. The second-order valence-electron chi connectivity index (χ2n) is 8.00. The monoisotopic (exact) mass is 405 g/mol. The summed E-state index contributed by atoms with van der Waals surface area (Å²) < 4.78 is 11.8. The zero-order valence-electron chi connectivity index (χ0n) is 16.7. The molecule has 7 nitrogen and oxygen atoms in total. The summed E-state index contributed by atoms with van der Waals surface area (Å²) in [6.07, 6.45) is 3.20. The fraction of sp³-hybridized carbons (Fsp3) is 0.348. The number of rotatable bonds is 4. The minimum atomic E-state index is -0.121. The topological polar surface area (TPSA) is 84.7 Å². The molecule has 2 amide bonds. The largest absolute Gasteiger partial charge is 0.451 e. The van der Waals surface area contributed by atoms with Crippen molar-refractivity contribution in [1.29, 1.82) is 0 Å². The number of hydrogen-bond donors (Lipinski definition) is 1. The summed E-state index contributed by atoms with van der Waals surface area (Å²) in [5, 5.41) is 3.95. The number of amides is 2. The van der Waals surface area contributed by atoms with Gasteiger partial charge in [0, 0.05) is 60.4 Å². The summed E-state index contributed by atoms with van der Waals surface area (Å²) in [4.78, 5) is 31.2. The van der Waals surface area contributed by atoms with Crippen LogP contribution in [0, 0.1) is 18.8 Å². The Morgan fingerprint density at radius 3 is 2.77 bits per heavy atom. The molecule has 2 aromatic heterocycles. The number of nitrogens with one attached hydrogen (secondary N) is 1. The summed E-state index contributed by atoms with van der Waals surface area (Å²) in [6.45, 7) is 4.19. The van der Waals surface area contributed by atoms with E-state index >= 15 is 0 Å². The molecule has 0 saturated carbocycles. The molecule has 1 N–H and O–H groups in total. The Morgan fingerprint density at radius 1 is 1.17 bits per heavy atom. The number of aryl methyl sites for hydroxylation is 1. The van der Waals surface area contributed by atoms with Gasteiger partial charge in [-0.25, -0.2) is 0 Å². The van der Waals surface area contributed by atoms with E-state index in [9.17, 15) is 9.59 Å². The maximum absolute atomic E-state index is 13.1. The van der Waals surface area contributed by atoms with E-state index in [1.807, 2.05) is 36.1 Å². The fourth-order valence-electron chi connectivity index (χ4n) is 4.53. The van der Waals surface area contributed by atoms with Crippen molar-refractivity contribution >= 4 is 22.8 Å². The molecule has 30 heavy (non-hydrogen) atoms. The number of pyridine rings is 1. The highest BCUT2D eigenvalue weighted by atomic mass is 16.5. The van der Waals surface area contributed by atoms with Crippen molar-refractivity contribution in [3.05, 3.63) is 65.7 Å². The van der Waals surface area contributed by atoms with Gasteiger partial charge in [0.1, 0.15) is 5.58 Å². The van der Waals surface area contributed by atoms with E-state index in [4.69, 9.17) is 9.15 Å². The lowest BCUT2D eigenvalue weighted by Gasteiger charge is -2.19. The number of carbonyl (C=O) groups excluding carboxylic acids is 2. The van der Waals surface area contributed by atoms with Crippen molar-refractivity contribution in [2.45, 2.75) is 13.0 Å². The molecule has 2 aliphatic heterocycles. The van der Waals surface area contributed by atoms with Crippen LogP contribution in [-0.2, 0) is 4.74 Å². The second-order valence-corrected chi connectivity index (χ2v) is 8.00.